The molecule has 5 rings (SSSR count). The van der Waals surface area contributed by atoms with Gasteiger partial charge in [-0.15, -0.1) is 0 Å². The molecule has 2 aliphatic carbocycles. The zero-order valence-corrected chi connectivity index (χ0v) is 18.6. The highest BCUT2D eigenvalue weighted by Gasteiger charge is 2.31. The number of ether oxygens (including phenoxy) is 1. The van der Waals surface area contributed by atoms with Crippen LogP contribution in [0.4, 0.5) is 14.5 Å². The lowest BCUT2D eigenvalue weighted by atomic mass is 10.0. The van der Waals surface area contributed by atoms with Crippen LogP contribution in [0.5, 0.6) is 5.75 Å². The molecule has 6 nitrogen and oxygen atoms in total. The van der Waals surface area contributed by atoms with Crippen LogP contribution in [0.15, 0.2) is 42.5 Å². The van der Waals surface area contributed by atoms with E-state index in [0.29, 0.717) is 53.2 Å². The summed E-state index contributed by atoms with van der Waals surface area (Å²) in [6, 6.07) is 13.9. The van der Waals surface area contributed by atoms with E-state index in [1.54, 1.807) is 36.4 Å². The summed E-state index contributed by atoms with van der Waals surface area (Å²) in [5.74, 6) is 0.517. The zero-order chi connectivity index (χ0) is 23.2. The Morgan fingerprint density at radius 2 is 1.85 bits per heavy atom. The molecule has 2 fully saturated rings. The molecular weight excluding hydrogens is 448 g/mol. The first-order valence-electron chi connectivity index (χ1n) is 11.0. The third-order valence-corrected chi connectivity index (χ3v) is 8.29. The molecule has 0 spiro atoms. The highest BCUT2D eigenvalue weighted by atomic mass is 32.2. The van der Waals surface area contributed by atoms with Gasteiger partial charge >= 0.3 is 6.61 Å². The van der Waals surface area contributed by atoms with Gasteiger partial charge < -0.3 is 9.30 Å². The second-order valence-electron chi connectivity index (χ2n) is 8.72. The maximum atomic E-state index is 12.8. The van der Waals surface area contributed by atoms with E-state index < -0.39 is 16.6 Å². The third kappa shape index (κ3) is 4.27. The quantitative estimate of drug-likeness (QED) is 0.471. The van der Waals surface area contributed by atoms with Crippen LogP contribution >= 0.6 is 0 Å². The van der Waals surface area contributed by atoms with Crippen molar-refractivity contribution in [1.82, 2.24) is 4.57 Å². The van der Waals surface area contributed by atoms with Crippen molar-refractivity contribution in [2.75, 3.05) is 4.72 Å². The van der Waals surface area contributed by atoms with Crippen LogP contribution in [0.1, 0.15) is 37.7 Å². The molecule has 0 aliphatic heterocycles. The highest BCUT2D eigenvalue weighted by molar-refractivity contribution is 7.93. The normalized spacial score (nSPS) is 16.5. The minimum absolute atomic E-state index is 0.0452. The molecule has 0 saturated heterocycles. The number of nitriles is 1. The van der Waals surface area contributed by atoms with Gasteiger partial charge in [-0.3, -0.25) is 4.72 Å². The van der Waals surface area contributed by atoms with Gasteiger partial charge in [0.1, 0.15) is 11.8 Å². The molecule has 33 heavy (non-hydrogen) atoms. The molecule has 1 aromatic heterocycles. The van der Waals surface area contributed by atoms with Gasteiger partial charge in [0.15, 0.2) is 0 Å². The molecule has 2 saturated carbocycles. The number of aromatic nitrogens is 1. The average molecular weight is 472 g/mol. The lowest BCUT2D eigenvalue weighted by Crippen LogP contribution is -2.33. The molecule has 0 radical (unpaired) electrons. The van der Waals surface area contributed by atoms with Gasteiger partial charge in [-0.05, 0) is 61.4 Å². The SMILES string of the molecule is N#Cc1c(-c2ccc(NS(=O)(=O)C3CCC3)cc2)n(CC2CC2)c2cc(OC(F)F)ccc12. The Balaban J connectivity index is 1.55. The first-order chi connectivity index (χ1) is 15.9. The summed E-state index contributed by atoms with van der Waals surface area (Å²) in [4.78, 5) is 0. The summed E-state index contributed by atoms with van der Waals surface area (Å²) < 4.78 is 59.6. The fourth-order valence-electron chi connectivity index (χ4n) is 4.29. The fourth-order valence-corrected chi connectivity index (χ4v) is 5.88. The van der Waals surface area contributed by atoms with Gasteiger partial charge in [0.25, 0.3) is 0 Å². The third-order valence-electron chi connectivity index (χ3n) is 6.42. The lowest BCUT2D eigenvalue weighted by Gasteiger charge is -2.25. The topological polar surface area (TPSA) is 84.1 Å². The number of hydrogen-bond donors (Lipinski definition) is 1. The molecule has 2 aliphatic rings. The Bertz CT molecular complexity index is 1340. The Morgan fingerprint density at radius 3 is 2.42 bits per heavy atom. The maximum absolute atomic E-state index is 12.8. The van der Waals surface area contributed by atoms with Gasteiger partial charge in [-0.25, -0.2) is 8.42 Å². The number of sulfonamides is 1. The molecule has 9 heteroatoms. The fraction of sp³-hybridized carbons (Fsp3) is 0.375. The van der Waals surface area contributed by atoms with Gasteiger partial charge in [-0.1, -0.05) is 18.6 Å². The van der Waals surface area contributed by atoms with Crippen molar-refractivity contribution in [3.05, 3.63) is 48.0 Å². The van der Waals surface area contributed by atoms with Crippen LogP contribution in [0.2, 0.25) is 0 Å². The minimum atomic E-state index is -3.40. The Labute approximate surface area is 190 Å². The zero-order valence-electron chi connectivity index (χ0n) is 17.8. The molecule has 1 heterocycles. The smallest absolute Gasteiger partial charge is 0.387 e. The first kappa shape index (κ1) is 21.7. The highest BCUT2D eigenvalue weighted by Crippen LogP contribution is 2.40. The van der Waals surface area contributed by atoms with Gasteiger partial charge in [-0.2, -0.15) is 14.0 Å². The van der Waals surface area contributed by atoms with E-state index in [0.717, 1.165) is 24.8 Å². The van der Waals surface area contributed by atoms with Crippen molar-refractivity contribution in [1.29, 1.82) is 5.26 Å². The van der Waals surface area contributed by atoms with E-state index in [9.17, 15) is 22.5 Å². The van der Waals surface area contributed by atoms with E-state index in [2.05, 4.69) is 15.5 Å². The summed E-state index contributed by atoms with van der Waals surface area (Å²) in [5, 5.41) is 10.3. The number of anilines is 1. The molecule has 3 aromatic rings. The van der Waals surface area contributed by atoms with Crippen molar-refractivity contribution in [2.45, 2.75) is 50.5 Å². The lowest BCUT2D eigenvalue weighted by molar-refractivity contribution is -0.0497. The second-order valence-corrected chi connectivity index (χ2v) is 10.7. The predicted octanol–water partition coefficient (Wildman–Crippen LogP) is 5.49. The van der Waals surface area contributed by atoms with Crippen molar-refractivity contribution in [3.63, 3.8) is 0 Å². The van der Waals surface area contributed by atoms with E-state index in [1.165, 1.54) is 6.07 Å². The van der Waals surface area contributed by atoms with Crippen LogP contribution in [-0.4, -0.2) is 24.8 Å². The standard InChI is InChI=1S/C24H23F2N3O3S/c25-24(26)32-18-10-11-20-21(13-27)23(29(22(20)12-18)14-15-4-5-15)16-6-8-17(9-7-16)28-33(30,31)19-2-1-3-19/h6-12,15,19,24,28H,1-5,14H2. The van der Waals surface area contributed by atoms with E-state index in [-0.39, 0.29) is 11.0 Å². The molecular formula is C24H23F2N3O3S. The number of benzene rings is 2. The molecule has 1 N–H and O–H groups in total. The van der Waals surface area contributed by atoms with Gasteiger partial charge in [0.2, 0.25) is 10.0 Å². The summed E-state index contributed by atoms with van der Waals surface area (Å²) >= 11 is 0. The molecule has 2 aromatic carbocycles. The molecule has 0 unspecified atom stereocenters. The van der Waals surface area contributed by atoms with Crippen LogP contribution in [0, 0.1) is 17.2 Å². The summed E-state index contributed by atoms with van der Waals surface area (Å²) in [7, 11) is -3.40. The summed E-state index contributed by atoms with van der Waals surface area (Å²) in [5.41, 5.74) is 3.05. The minimum Gasteiger partial charge on any atom is -0.435 e. The van der Waals surface area contributed by atoms with Crippen LogP contribution in [-0.2, 0) is 16.6 Å². The van der Waals surface area contributed by atoms with Crippen molar-refractivity contribution >= 4 is 26.6 Å². The van der Waals surface area contributed by atoms with Crippen molar-refractivity contribution in [3.8, 4) is 23.1 Å². The number of nitrogens with zero attached hydrogens (tertiary/aromatic N) is 2. The number of nitrogens with one attached hydrogen (secondary N) is 1. The molecule has 0 bridgehead atoms. The number of alkyl halides is 2. The van der Waals surface area contributed by atoms with Gasteiger partial charge in [0.05, 0.1) is 22.0 Å². The average Bonchev–Trinajstić information content (AvgIpc) is 3.48. The van der Waals surface area contributed by atoms with Crippen LogP contribution < -0.4 is 9.46 Å². The van der Waals surface area contributed by atoms with E-state index >= 15 is 0 Å². The van der Waals surface area contributed by atoms with Crippen LogP contribution in [0.25, 0.3) is 22.2 Å². The van der Waals surface area contributed by atoms with E-state index in [1.807, 2.05) is 4.57 Å². The second kappa shape index (κ2) is 8.34. The Morgan fingerprint density at radius 1 is 1.12 bits per heavy atom. The monoisotopic (exact) mass is 471 g/mol. The van der Waals surface area contributed by atoms with Crippen molar-refractivity contribution < 1.29 is 21.9 Å². The molecule has 0 amide bonds. The summed E-state index contributed by atoms with van der Waals surface area (Å²) in [6.07, 6.45) is 4.44. The Kier molecular flexibility index (Phi) is 5.49. The number of halogens is 2. The van der Waals surface area contributed by atoms with Gasteiger partial charge in [0, 0.05) is 23.7 Å². The number of fused-ring (bicyclic) bond motifs is 1. The van der Waals surface area contributed by atoms with Crippen molar-refractivity contribution in [2.24, 2.45) is 5.92 Å². The molecule has 0 atom stereocenters. The first-order valence-corrected chi connectivity index (χ1v) is 12.5. The Hall–Kier alpha value is -3.12. The largest absolute Gasteiger partial charge is 0.435 e. The van der Waals surface area contributed by atoms with E-state index in [4.69, 9.17) is 0 Å². The number of hydrogen-bond acceptors (Lipinski definition) is 4. The maximum Gasteiger partial charge on any atom is 0.387 e. The molecule has 172 valence electrons. The van der Waals surface area contributed by atoms with Crippen LogP contribution in [0.3, 0.4) is 0 Å². The predicted molar refractivity (Wildman–Crippen MR) is 122 cm³/mol. The summed E-state index contributed by atoms with van der Waals surface area (Å²) in [6.45, 7) is -2.26. The number of rotatable bonds is 8.